The Morgan fingerprint density at radius 1 is 1.38 bits per heavy atom. The van der Waals surface area contributed by atoms with Crippen LogP contribution in [-0.2, 0) is 6.54 Å². The van der Waals surface area contributed by atoms with Crippen LogP contribution in [0.3, 0.4) is 0 Å². The highest BCUT2D eigenvalue weighted by atomic mass is 19.1. The van der Waals surface area contributed by atoms with Gasteiger partial charge in [0, 0.05) is 5.56 Å². The first kappa shape index (κ1) is 10.4. The van der Waals surface area contributed by atoms with Gasteiger partial charge in [0.2, 0.25) is 11.7 Å². The van der Waals surface area contributed by atoms with Crippen LogP contribution in [0.5, 0.6) is 11.5 Å². The van der Waals surface area contributed by atoms with Crippen molar-refractivity contribution in [2.45, 2.75) is 6.54 Å². The van der Waals surface area contributed by atoms with E-state index in [0.29, 0.717) is 0 Å². The Bertz CT molecular complexity index is 503. The predicted octanol–water partition coefficient (Wildman–Crippen LogP) is 0.746. The number of nitrogens with two attached hydrogens (primary N) is 1. The first-order chi connectivity index (χ1) is 7.61. The maximum atomic E-state index is 13.1. The van der Waals surface area contributed by atoms with E-state index < -0.39 is 17.3 Å². The maximum absolute atomic E-state index is 13.1. The van der Waals surface area contributed by atoms with E-state index in [9.17, 15) is 9.50 Å². The molecule has 0 aliphatic heterocycles. The number of halogens is 1. The molecule has 2 rings (SSSR count). The summed E-state index contributed by atoms with van der Waals surface area (Å²) in [4.78, 5) is 3.85. The smallest absolute Gasteiger partial charge is 0.240 e. The summed E-state index contributed by atoms with van der Waals surface area (Å²) in [6.45, 7) is 0.0690. The number of rotatable bonds is 2. The summed E-state index contributed by atoms with van der Waals surface area (Å²) in [7, 11) is 0. The quantitative estimate of drug-likeness (QED) is 0.651. The number of aromatic nitrogens is 2. The van der Waals surface area contributed by atoms with Crippen molar-refractivity contribution in [2.75, 3.05) is 0 Å². The van der Waals surface area contributed by atoms with Crippen molar-refractivity contribution < 1.29 is 19.1 Å². The van der Waals surface area contributed by atoms with E-state index in [-0.39, 0.29) is 23.8 Å². The van der Waals surface area contributed by atoms with Crippen molar-refractivity contribution in [3.63, 3.8) is 0 Å². The Labute approximate surface area is 89.1 Å². The zero-order valence-corrected chi connectivity index (χ0v) is 8.01. The van der Waals surface area contributed by atoms with E-state index in [1.54, 1.807) is 0 Å². The summed E-state index contributed by atoms with van der Waals surface area (Å²) in [5.41, 5.74) is 5.46. The van der Waals surface area contributed by atoms with Crippen LogP contribution in [-0.4, -0.2) is 20.4 Å². The normalized spacial score (nSPS) is 10.6. The van der Waals surface area contributed by atoms with Crippen LogP contribution in [0.4, 0.5) is 4.39 Å². The molecule has 16 heavy (non-hydrogen) atoms. The minimum absolute atomic E-state index is 0.0690. The first-order valence-electron chi connectivity index (χ1n) is 4.36. The summed E-state index contributed by atoms with van der Waals surface area (Å²) < 4.78 is 17.8. The van der Waals surface area contributed by atoms with Gasteiger partial charge in [0.1, 0.15) is 0 Å². The Morgan fingerprint density at radius 3 is 2.69 bits per heavy atom. The standard InChI is InChI=1S/C9H8FN3O3/c10-5-1-4(2-6(14)8(5)15)9-12-7(3-11)16-13-9/h1-2,14-15H,3,11H2. The molecular formula is C9H8FN3O3. The van der Waals surface area contributed by atoms with Gasteiger partial charge in [-0.3, -0.25) is 0 Å². The highest BCUT2D eigenvalue weighted by molar-refractivity contribution is 5.60. The zero-order chi connectivity index (χ0) is 11.7. The summed E-state index contributed by atoms with van der Waals surface area (Å²) in [6, 6.07) is 2.11. The molecular weight excluding hydrogens is 217 g/mol. The highest BCUT2D eigenvalue weighted by Crippen LogP contribution is 2.32. The molecule has 0 spiro atoms. The van der Waals surface area contributed by atoms with Crippen molar-refractivity contribution in [1.82, 2.24) is 10.1 Å². The number of benzene rings is 1. The number of aromatic hydroxyl groups is 2. The lowest BCUT2D eigenvalue weighted by Gasteiger charge is -2.00. The fourth-order valence-electron chi connectivity index (χ4n) is 1.17. The minimum atomic E-state index is -0.964. The highest BCUT2D eigenvalue weighted by Gasteiger charge is 2.13. The molecule has 0 amide bonds. The van der Waals surface area contributed by atoms with Crippen molar-refractivity contribution >= 4 is 0 Å². The lowest BCUT2D eigenvalue weighted by atomic mass is 10.2. The van der Waals surface area contributed by atoms with Crippen molar-refractivity contribution in [3.05, 3.63) is 23.8 Å². The van der Waals surface area contributed by atoms with E-state index in [1.807, 2.05) is 0 Å². The summed E-state index contributed by atoms with van der Waals surface area (Å²) in [6.07, 6.45) is 0. The molecule has 0 atom stereocenters. The Balaban J connectivity index is 2.48. The molecule has 0 unspecified atom stereocenters. The van der Waals surface area contributed by atoms with Gasteiger partial charge in [0.05, 0.1) is 6.54 Å². The molecule has 0 saturated heterocycles. The minimum Gasteiger partial charge on any atom is -0.504 e. The molecule has 0 radical (unpaired) electrons. The summed E-state index contributed by atoms with van der Waals surface area (Å²) in [5, 5.41) is 21.8. The molecule has 4 N–H and O–H groups in total. The third-order valence-corrected chi connectivity index (χ3v) is 1.94. The van der Waals surface area contributed by atoms with E-state index in [2.05, 4.69) is 10.1 Å². The van der Waals surface area contributed by atoms with Gasteiger partial charge in [0.15, 0.2) is 17.3 Å². The molecule has 2 aromatic rings. The average Bonchev–Trinajstić information content (AvgIpc) is 2.73. The number of hydrogen-bond donors (Lipinski definition) is 3. The maximum Gasteiger partial charge on any atom is 0.240 e. The van der Waals surface area contributed by atoms with Gasteiger partial charge in [-0.25, -0.2) is 4.39 Å². The van der Waals surface area contributed by atoms with Gasteiger partial charge >= 0.3 is 0 Å². The van der Waals surface area contributed by atoms with E-state index >= 15 is 0 Å². The van der Waals surface area contributed by atoms with Crippen LogP contribution in [0.2, 0.25) is 0 Å². The molecule has 1 aromatic heterocycles. The van der Waals surface area contributed by atoms with Gasteiger partial charge in [0.25, 0.3) is 0 Å². The lowest BCUT2D eigenvalue weighted by molar-refractivity contribution is 0.377. The Morgan fingerprint density at radius 2 is 2.12 bits per heavy atom. The second-order valence-electron chi connectivity index (χ2n) is 3.04. The van der Waals surface area contributed by atoms with Crippen LogP contribution < -0.4 is 5.73 Å². The van der Waals surface area contributed by atoms with Gasteiger partial charge in [-0.05, 0) is 12.1 Å². The van der Waals surface area contributed by atoms with Crippen LogP contribution in [0, 0.1) is 5.82 Å². The van der Waals surface area contributed by atoms with Crippen LogP contribution in [0.1, 0.15) is 5.89 Å². The van der Waals surface area contributed by atoms with Crippen molar-refractivity contribution in [2.24, 2.45) is 5.73 Å². The molecule has 0 aliphatic carbocycles. The monoisotopic (exact) mass is 225 g/mol. The zero-order valence-electron chi connectivity index (χ0n) is 8.01. The van der Waals surface area contributed by atoms with Crippen LogP contribution in [0.25, 0.3) is 11.4 Å². The topological polar surface area (TPSA) is 105 Å². The molecule has 84 valence electrons. The summed E-state index contributed by atoms with van der Waals surface area (Å²) >= 11 is 0. The van der Waals surface area contributed by atoms with Gasteiger partial charge < -0.3 is 20.5 Å². The first-order valence-corrected chi connectivity index (χ1v) is 4.36. The van der Waals surface area contributed by atoms with Crippen molar-refractivity contribution in [1.29, 1.82) is 0 Å². The molecule has 0 saturated carbocycles. The second kappa shape index (κ2) is 3.78. The molecule has 1 heterocycles. The molecule has 0 fully saturated rings. The Kier molecular flexibility index (Phi) is 2.45. The SMILES string of the molecule is NCc1nc(-c2cc(O)c(O)c(F)c2)no1. The number of phenolic OH excluding ortho intramolecular Hbond substituents is 2. The van der Waals surface area contributed by atoms with Crippen LogP contribution in [0.15, 0.2) is 16.7 Å². The molecule has 7 heteroatoms. The fraction of sp³-hybridized carbons (Fsp3) is 0.111. The lowest BCUT2D eigenvalue weighted by Crippen LogP contribution is -1.95. The Hall–Kier alpha value is -2.15. The van der Waals surface area contributed by atoms with E-state index in [4.69, 9.17) is 15.4 Å². The number of nitrogens with zero attached hydrogens (tertiary/aromatic N) is 2. The number of hydrogen-bond acceptors (Lipinski definition) is 6. The fourth-order valence-corrected chi connectivity index (χ4v) is 1.17. The summed E-state index contributed by atoms with van der Waals surface area (Å²) in [5.74, 6) is -2.08. The van der Waals surface area contributed by atoms with Gasteiger partial charge in [-0.2, -0.15) is 4.98 Å². The second-order valence-corrected chi connectivity index (χ2v) is 3.04. The van der Waals surface area contributed by atoms with Gasteiger partial charge in [-0.1, -0.05) is 5.16 Å². The van der Waals surface area contributed by atoms with Crippen molar-refractivity contribution in [3.8, 4) is 22.9 Å². The number of phenols is 2. The molecule has 0 bridgehead atoms. The van der Waals surface area contributed by atoms with Gasteiger partial charge in [-0.15, -0.1) is 0 Å². The van der Waals surface area contributed by atoms with Crippen LogP contribution >= 0.6 is 0 Å². The average molecular weight is 225 g/mol. The van der Waals surface area contributed by atoms with E-state index in [0.717, 1.165) is 12.1 Å². The molecule has 0 aliphatic rings. The third-order valence-electron chi connectivity index (χ3n) is 1.94. The van der Waals surface area contributed by atoms with E-state index in [1.165, 1.54) is 0 Å². The largest absolute Gasteiger partial charge is 0.504 e. The predicted molar refractivity (Wildman–Crippen MR) is 50.9 cm³/mol. The molecule has 6 nitrogen and oxygen atoms in total. The molecule has 1 aromatic carbocycles. The third kappa shape index (κ3) is 1.68.